The fourth-order valence-electron chi connectivity index (χ4n) is 6.64. The standard InChI is InChI=1S/C45H31N3O/c1-4-12-30(13-5-1)31-22-24-32(25-23-31)35-18-10-19-36(28-35)37-26-27-41-40(29-37)38-20-11-21-39(42(38)49-41)45-47-43(33-14-6-2-7-15-33)46-44(48-45)34-16-8-3-9-17-34/h1-29,43H,(H,46,47,48). The van der Waals surface area contributed by atoms with Crippen LogP contribution >= 0.6 is 0 Å². The van der Waals surface area contributed by atoms with Crippen molar-refractivity contribution in [2.45, 2.75) is 6.17 Å². The molecule has 2 heterocycles. The zero-order valence-corrected chi connectivity index (χ0v) is 26.6. The zero-order valence-electron chi connectivity index (χ0n) is 26.6. The van der Waals surface area contributed by atoms with Gasteiger partial charge in [0, 0.05) is 16.3 Å². The molecule has 4 heteroatoms. The van der Waals surface area contributed by atoms with Crippen LogP contribution in [-0.4, -0.2) is 11.7 Å². The van der Waals surface area contributed by atoms with E-state index in [4.69, 9.17) is 14.4 Å². The quantitative estimate of drug-likeness (QED) is 0.199. The third kappa shape index (κ3) is 5.49. The molecule has 232 valence electrons. The van der Waals surface area contributed by atoms with Gasteiger partial charge in [-0.05, 0) is 63.2 Å². The normalized spacial score (nSPS) is 14.3. The molecule has 0 bridgehead atoms. The highest BCUT2D eigenvalue weighted by molar-refractivity contribution is 6.19. The number of nitrogens with zero attached hydrogens (tertiary/aromatic N) is 2. The van der Waals surface area contributed by atoms with Crippen LogP contribution in [0.4, 0.5) is 0 Å². The van der Waals surface area contributed by atoms with E-state index in [2.05, 4.69) is 139 Å². The van der Waals surface area contributed by atoms with Gasteiger partial charge in [0.05, 0.1) is 5.56 Å². The molecule has 1 aliphatic heterocycles. The summed E-state index contributed by atoms with van der Waals surface area (Å²) in [5, 5.41) is 5.65. The Labute approximate surface area is 284 Å². The predicted octanol–water partition coefficient (Wildman–Crippen LogP) is 11.1. The van der Waals surface area contributed by atoms with Gasteiger partial charge in [0.1, 0.15) is 23.2 Å². The van der Waals surface area contributed by atoms with Gasteiger partial charge in [-0.15, -0.1) is 0 Å². The third-order valence-corrected chi connectivity index (χ3v) is 9.16. The monoisotopic (exact) mass is 629 g/mol. The summed E-state index contributed by atoms with van der Waals surface area (Å²) in [7, 11) is 0. The Morgan fingerprint density at radius 3 is 1.73 bits per heavy atom. The van der Waals surface area contributed by atoms with Crippen LogP contribution in [0.1, 0.15) is 22.9 Å². The molecule has 1 aliphatic rings. The second kappa shape index (κ2) is 12.3. The van der Waals surface area contributed by atoms with Crippen LogP contribution in [0.15, 0.2) is 190 Å². The van der Waals surface area contributed by atoms with E-state index in [1.165, 1.54) is 22.3 Å². The number of para-hydroxylation sites is 1. The number of furan rings is 1. The van der Waals surface area contributed by atoms with Crippen LogP contribution in [0, 0.1) is 0 Å². The second-order valence-corrected chi connectivity index (χ2v) is 12.3. The smallest absolute Gasteiger partial charge is 0.163 e. The summed E-state index contributed by atoms with van der Waals surface area (Å²) in [6.07, 6.45) is -0.281. The number of fused-ring (bicyclic) bond motifs is 3. The van der Waals surface area contributed by atoms with Crippen molar-refractivity contribution < 1.29 is 4.42 Å². The van der Waals surface area contributed by atoms with Gasteiger partial charge in [0.25, 0.3) is 0 Å². The fraction of sp³-hybridized carbons (Fsp3) is 0.0222. The van der Waals surface area contributed by atoms with E-state index >= 15 is 0 Å². The topological polar surface area (TPSA) is 49.9 Å². The highest BCUT2D eigenvalue weighted by Gasteiger charge is 2.23. The minimum absolute atomic E-state index is 0.281. The van der Waals surface area contributed by atoms with Crippen LogP contribution in [0.5, 0.6) is 0 Å². The second-order valence-electron chi connectivity index (χ2n) is 12.3. The van der Waals surface area contributed by atoms with E-state index in [0.29, 0.717) is 5.84 Å². The lowest BCUT2D eigenvalue weighted by atomic mass is 9.96. The van der Waals surface area contributed by atoms with Gasteiger partial charge < -0.3 is 9.73 Å². The fourth-order valence-corrected chi connectivity index (χ4v) is 6.64. The molecule has 0 spiro atoms. The molecule has 1 atom stereocenters. The van der Waals surface area contributed by atoms with Crippen molar-refractivity contribution in [2.24, 2.45) is 9.98 Å². The first-order valence-electron chi connectivity index (χ1n) is 16.5. The minimum atomic E-state index is -0.281. The Kier molecular flexibility index (Phi) is 7.17. The molecule has 0 amide bonds. The van der Waals surface area contributed by atoms with Gasteiger partial charge in [-0.3, -0.25) is 0 Å². The van der Waals surface area contributed by atoms with Crippen molar-refractivity contribution in [3.63, 3.8) is 0 Å². The lowest BCUT2D eigenvalue weighted by Crippen LogP contribution is -2.33. The van der Waals surface area contributed by atoms with Crippen LogP contribution in [0.2, 0.25) is 0 Å². The molecule has 0 fully saturated rings. The minimum Gasteiger partial charge on any atom is -0.455 e. The SMILES string of the molecule is c1ccc(C2=NC(c3cccc4c3oc3ccc(-c5cccc(-c6ccc(-c7ccccc7)cc6)c5)cc34)=NC(c3ccccc3)N2)cc1. The van der Waals surface area contributed by atoms with Crippen molar-refractivity contribution in [1.82, 2.24) is 5.32 Å². The Bertz CT molecular complexity index is 2500. The van der Waals surface area contributed by atoms with E-state index in [1.807, 2.05) is 42.5 Å². The van der Waals surface area contributed by atoms with Crippen molar-refractivity contribution in [3.8, 4) is 33.4 Å². The summed E-state index contributed by atoms with van der Waals surface area (Å²) >= 11 is 0. The summed E-state index contributed by atoms with van der Waals surface area (Å²) in [6.45, 7) is 0. The number of rotatable bonds is 6. The first kappa shape index (κ1) is 28.7. The Morgan fingerprint density at radius 2 is 1.00 bits per heavy atom. The molecule has 0 saturated carbocycles. The van der Waals surface area contributed by atoms with Gasteiger partial charge in [0.15, 0.2) is 5.84 Å². The summed E-state index contributed by atoms with van der Waals surface area (Å²) in [5.41, 5.74) is 11.7. The molecule has 0 radical (unpaired) electrons. The number of hydrogen-bond acceptors (Lipinski definition) is 4. The maximum Gasteiger partial charge on any atom is 0.163 e. The summed E-state index contributed by atoms with van der Waals surface area (Å²) in [4.78, 5) is 10.1. The number of amidine groups is 2. The predicted molar refractivity (Wildman–Crippen MR) is 202 cm³/mol. The van der Waals surface area contributed by atoms with E-state index in [9.17, 15) is 0 Å². The maximum atomic E-state index is 6.58. The largest absolute Gasteiger partial charge is 0.455 e. The van der Waals surface area contributed by atoms with Gasteiger partial charge in [-0.25, -0.2) is 9.98 Å². The molecule has 1 unspecified atom stereocenters. The molecule has 1 N–H and O–H groups in total. The van der Waals surface area contributed by atoms with Crippen molar-refractivity contribution >= 4 is 33.6 Å². The highest BCUT2D eigenvalue weighted by atomic mass is 16.3. The van der Waals surface area contributed by atoms with Crippen LogP contribution in [0.3, 0.4) is 0 Å². The molecule has 0 aliphatic carbocycles. The summed E-state index contributed by atoms with van der Waals surface area (Å²) in [6, 6.07) is 61.2. The molecule has 8 aromatic rings. The van der Waals surface area contributed by atoms with Crippen molar-refractivity contribution in [1.29, 1.82) is 0 Å². The average molecular weight is 630 g/mol. The molecular weight excluding hydrogens is 599 g/mol. The zero-order chi connectivity index (χ0) is 32.6. The summed E-state index contributed by atoms with van der Waals surface area (Å²) < 4.78 is 6.58. The maximum absolute atomic E-state index is 6.58. The van der Waals surface area contributed by atoms with E-state index in [-0.39, 0.29) is 6.17 Å². The van der Waals surface area contributed by atoms with E-state index in [0.717, 1.165) is 55.6 Å². The highest BCUT2D eigenvalue weighted by Crippen LogP contribution is 2.36. The average Bonchev–Trinajstić information content (AvgIpc) is 3.57. The molecule has 4 nitrogen and oxygen atoms in total. The molecule has 0 saturated heterocycles. The van der Waals surface area contributed by atoms with Gasteiger partial charge in [-0.2, -0.15) is 0 Å². The van der Waals surface area contributed by atoms with Gasteiger partial charge in [0.2, 0.25) is 0 Å². The first-order valence-corrected chi connectivity index (χ1v) is 16.5. The molecule has 1 aromatic heterocycles. The molecule has 49 heavy (non-hydrogen) atoms. The summed E-state index contributed by atoms with van der Waals surface area (Å²) in [5.74, 6) is 1.42. The number of benzene rings is 7. The van der Waals surface area contributed by atoms with E-state index < -0.39 is 0 Å². The van der Waals surface area contributed by atoms with Gasteiger partial charge >= 0.3 is 0 Å². The Hall–Kier alpha value is -6.52. The number of hydrogen-bond donors (Lipinski definition) is 1. The van der Waals surface area contributed by atoms with Crippen LogP contribution in [0.25, 0.3) is 55.3 Å². The van der Waals surface area contributed by atoms with E-state index in [1.54, 1.807) is 0 Å². The Morgan fingerprint density at radius 1 is 0.449 bits per heavy atom. The molecule has 9 rings (SSSR count). The van der Waals surface area contributed by atoms with Crippen molar-refractivity contribution in [3.05, 3.63) is 193 Å². The van der Waals surface area contributed by atoms with Crippen LogP contribution in [-0.2, 0) is 0 Å². The Balaban J connectivity index is 1.10. The molecule has 7 aromatic carbocycles. The molecular formula is C45H31N3O. The van der Waals surface area contributed by atoms with Crippen molar-refractivity contribution in [2.75, 3.05) is 0 Å². The lowest BCUT2D eigenvalue weighted by Gasteiger charge is -2.23. The first-order chi connectivity index (χ1) is 24.3. The van der Waals surface area contributed by atoms with Crippen LogP contribution < -0.4 is 5.32 Å². The lowest BCUT2D eigenvalue weighted by molar-refractivity contribution is 0.663. The number of aliphatic imine (C=N–C) groups is 2. The number of nitrogens with one attached hydrogen (secondary N) is 1. The van der Waals surface area contributed by atoms with Gasteiger partial charge in [-0.1, -0.05) is 152 Å². The third-order valence-electron chi connectivity index (χ3n) is 9.16.